The number of nitrogens with one attached hydrogen (secondary N) is 3. The Kier molecular flexibility index (Phi) is 10.7. The summed E-state index contributed by atoms with van der Waals surface area (Å²) in [6.45, 7) is 3.95. The molecule has 0 saturated heterocycles. The first kappa shape index (κ1) is 25.9. The molecule has 0 aliphatic heterocycles. The lowest BCUT2D eigenvalue weighted by molar-refractivity contribution is -0.140. The van der Waals surface area contributed by atoms with Crippen molar-refractivity contribution in [2.75, 3.05) is 12.8 Å². The number of thiophene rings is 1. The number of likely N-dealkylation sites (N-methyl/N-ethyl adjacent to an activating group) is 1. The molecule has 3 amide bonds. The number of hydrogen-bond acceptors (Lipinski definition) is 6. The lowest BCUT2D eigenvalue weighted by Gasteiger charge is -2.28. The molecule has 1 heterocycles. The molecule has 7 nitrogen and oxygen atoms in total. The predicted octanol–water partition coefficient (Wildman–Crippen LogP) is 3.10. The molecule has 1 unspecified atom stereocenters. The number of hydroxylamine groups is 1. The molecule has 0 bridgehead atoms. The van der Waals surface area contributed by atoms with E-state index in [1.807, 2.05) is 61.7 Å². The number of thioether (sulfide) groups is 1. The van der Waals surface area contributed by atoms with Crippen LogP contribution >= 0.6 is 23.1 Å². The maximum Gasteiger partial charge on any atom is 0.248 e. The number of rotatable bonds is 12. The first-order valence-corrected chi connectivity index (χ1v) is 12.4. The Labute approximate surface area is 197 Å². The van der Waals surface area contributed by atoms with Crippen LogP contribution in [0, 0.1) is 17.8 Å². The van der Waals surface area contributed by atoms with Gasteiger partial charge in [-0.2, -0.15) is 0 Å². The molecule has 2 rings (SSSR count). The Morgan fingerprint density at radius 1 is 1.00 bits per heavy atom. The third-order valence-corrected chi connectivity index (χ3v) is 7.31. The molecule has 174 valence electrons. The lowest BCUT2D eigenvalue weighted by atomic mass is 9.84. The van der Waals surface area contributed by atoms with Gasteiger partial charge in [0.2, 0.25) is 17.7 Å². The zero-order chi connectivity index (χ0) is 23.5. The standard InChI is InChI=1S/C23H31N3O4S2/c1-15(2)12-17(18(22(28)26-30)14-32-20-10-7-11-31-20)21(27)25-19(23(29)24-3)13-16-8-5-4-6-9-16/h4-11,15,17-19,30H,12-14H2,1-3H3,(H,24,29)(H,25,27)(H,26,28)/t17?,18-,19+/m0/s1. The van der Waals surface area contributed by atoms with E-state index in [4.69, 9.17) is 0 Å². The van der Waals surface area contributed by atoms with Gasteiger partial charge in [0.15, 0.2) is 0 Å². The van der Waals surface area contributed by atoms with E-state index in [1.54, 1.807) is 16.8 Å². The molecule has 1 aromatic carbocycles. The van der Waals surface area contributed by atoms with Crippen LogP contribution in [0.2, 0.25) is 0 Å². The fourth-order valence-electron chi connectivity index (χ4n) is 3.45. The van der Waals surface area contributed by atoms with Crippen molar-refractivity contribution in [1.82, 2.24) is 16.1 Å². The van der Waals surface area contributed by atoms with Crippen molar-refractivity contribution >= 4 is 40.8 Å². The maximum absolute atomic E-state index is 13.4. The Bertz CT molecular complexity index is 859. The zero-order valence-corrected chi connectivity index (χ0v) is 20.2. The van der Waals surface area contributed by atoms with Crippen LogP contribution in [-0.2, 0) is 20.8 Å². The number of benzene rings is 1. The second-order valence-electron chi connectivity index (χ2n) is 7.93. The smallest absolute Gasteiger partial charge is 0.248 e. The third kappa shape index (κ3) is 7.96. The van der Waals surface area contributed by atoms with Crippen molar-refractivity contribution in [1.29, 1.82) is 0 Å². The van der Waals surface area contributed by atoms with E-state index in [1.165, 1.54) is 18.8 Å². The summed E-state index contributed by atoms with van der Waals surface area (Å²) in [5.74, 6) is -2.26. The van der Waals surface area contributed by atoms with E-state index in [0.717, 1.165) is 9.77 Å². The lowest BCUT2D eigenvalue weighted by Crippen LogP contribution is -2.51. The molecule has 0 radical (unpaired) electrons. The Balaban J connectivity index is 2.23. The average Bonchev–Trinajstić information content (AvgIpc) is 3.31. The SMILES string of the molecule is CNC(=O)[C@@H](Cc1ccccc1)NC(=O)C(CC(C)C)[C@H](CSc1cccs1)C(=O)NO. The van der Waals surface area contributed by atoms with E-state index in [-0.39, 0.29) is 17.7 Å². The highest BCUT2D eigenvalue weighted by atomic mass is 32.2. The van der Waals surface area contributed by atoms with E-state index < -0.39 is 23.8 Å². The minimum absolute atomic E-state index is 0.138. The van der Waals surface area contributed by atoms with Gasteiger partial charge in [-0.3, -0.25) is 19.6 Å². The molecule has 0 saturated carbocycles. The monoisotopic (exact) mass is 477 g/mol. The molecule has 2 aromatic rings. The summed E-state index contributed by atoms with van der Waals surface area (Å²) in [5, 5.41) is 16.7. The van der Waals surface area contributed by atoms with Gasteiger partial charge >= 0.3 is 0 Å². The Morgan fingerprint density at radius 2 is 1.72 bits per heavy atom. The van der Waals surface area contributed by atoms with Crippen LogP contribution in [0.5, 0.6) is 0 Å². The van der Waals surface area contributed by atoms with Crippen molar-refractivity contribution in [2.24, 2.45) is 17.8 Å². The second-order valence-corrected chi connectivity index (χ2v) is 10.2. The third-order valence-electron chi connectivity index (χ3n) is 5.06. The number of carbonyl (C=O) groups excluding carboxylic acids is 3. The number of carbonyl (C=O) groups is 3. The average molecular weight is 478 g/mol. The predicted molar refractivity (Wildman–Crippen MR) is 128 cm³/mol. The number of hydrogen-bond donors (Lipinski definition) is 4. The first-order chi connectivity index (χ1) is 15.3. The fourth-order valence-corrected chi connectivity index (χ4v) is 5.44. The Morgan fingerprint density at radius 3 is 2.28 bits per heavy atom. The van der Waals surface area contributed by atoms with Gasteiger partial charge in [0, 0.05) is 19.2 Å². The van der Waals surface area contributed by atoms with E-state index in [9.17, 15) is 19.6 Å². The first-order valence-electron chi connectivity index (χ1n) is 10.5. The highest BCUT2D eigenvalue weighted by Gasteiger charge is 2.36. The second kappa shape index (κ2) is 13.2. The Hall–Kier alpha value is -2.36. The minimum Gasteiger partial charge on any atom is -0.357 e. The van der Waals surface area contributed by atoms with Crippen molar-refractivity contribution in [3.63, 3.8) is 0 Å². The molecule has 0 aliphatic carbocycles. The molecular weight excluding hydrogens is 446 g/mol. The highest BCUT2D eigenvalue weighted by molar-refractivity contribution is 8.01. The van der Waals surface area contributed by atoms with Gasteiger partial charge in [-0.15, -0.1) is 23.1 Å². The normalized spacial score (nSPS) is 13.8. The topological polar surface area (TPSA) is 108 Å². The van der Waals surface area contributed by atoms with Crippen LogP contribution in [0.25, 0.3) is 0 Å². The quantitative estimate of drug-likeness (QED) is 0.213. The van der Waals surface area contributed by atoms with Crippen molar-refractivity contribution < 1.29 is 19.6 Å². The van der Waals surface area contributed by atoms with Gasteiger partial charge in [-0.1, -0.05) is 50.2 Å². The van der Waals surface area contributed by atoms with Crippen LogP contribution in [0.3, 0.4) is 0 Å². The van der Waals surface area contributed by atoms with E-state index >= 15 is 0 Å². The van der Waals surface area contributed by atoms with Crippen molar-refractivity contribution in [3.8, 4) is 0 Å². The molecule has 1 aromatic heterocycles. The van der Waals surface area contributed by atoms with Gasteiger partial charge in [0.1, 0.15) is 6.04 Å². The molecule has 3 atom stereocenters. The van der Waals surface area contributed by atoms with Crippen LogP contribution in [0.15, 0.2) is 52.1 Å². The highest BCUT2D eigenvalue weighted by Crippen LogP contribution is 2.31. The minimum atomic E-state index is -0.771. The van der Waals surface area contributed by atoms with Gasteiger partial charge in [0.25, 0.3) is 0 Å². The summed E-state index contributed by atoms with van der Waals surface area (Å²) in [5.41, 5.74) is 2.64. The fraction of sp³-hybridized carbons (Fsp3) is 0.435. The maximum atomic E-state index is 13.4. The van der Waals surface area contributed by atoms with Gasteiger partial charge in [-0.25, -0.2) is 5.48 Å². The summed E-state index contributed by atoms with van der Waals surface area (Å²) in [6.07, 6.45) is 0.780. The molecule has 4 N–H and O–H groups in total. The summed E-state index contributed by atoms with van der Waals surface area (Å²) in [6, 6.07) is 12.5. The van der Waals surface area contributed by atoms with E-state index in [2.05, 4.69) is 10.6 Å². The van der Waals surface area contributed by atoms with Gasteiger partial charge < -0.3 is 10.6 Å². The van der Waals surface area contributed by atoms with Gasteiger partial charge in [-0.05, 0) is 29.3 Å². The van der Waals surface area contributed by atoms with Crippen LogP contribution in [-0.4, -0.2) is 41.8 Å². The van der Waals surface area contributed by atoms with Crippen LogP contribution in [0.4, 0.5) is 0 Å². The van der Waals surface area contributed by atoms with Crippen LogP contribution < -0.4 is 16.1 Å². The van der Waals surface area contributed by atoms with Gasteiger partial charge in [0.05, 0.1) is 16.0 Å². The molecule has 0 fully saturated rings. The molecule has 0 aliphatic rings. The molecular formula is C23H31N3O4S2. The van der Waals surface area contributed by atoms with Crippen molar-refractivity contribution in [2.45, 2.75) is 36.9 Å². The zero-order valence-electron chi connectivity index (χ0n) is 18.5. The number of amides is 3. The molecule has 32 heavy (non-hydrogen) atoms. The molecule has 9 heteroatoms. The molecule has 0 spiro atoms. The largest absolute Gasteiger partial charge is 0.357 e. The summed E-state index contributed by atoms with van der Waals surface area (Å²) in [7, 11) is 1.53. The van der Waals surface area contributed by atoms with Crippen LogP contribution in [0.1, 0.15) is 25.8 Å². The van der Waals surface area contributed by atoms with Crippen molar-refractivity contribution in [3.05, 3.63) is 53.4 Å². The van der Waals surface area contributed by atoms with E-state index in [0.29, 0.717) is 18.6 Å². The summed E-state index contributed by atoms with van der Waals surface area (Å²) < 4.78 is 1.02. The summed E-state index contributed by atoms with van der Waals surface area (Å²) >= 11 is 3.02. The summed E-state index contributed by atoms with van der Waals surface area (Å²) in [4.78, 5) is 38.4.